The van der Waals surface area contributed by atoms with Crippen molar-refractivity contribution in [3.05, 3.63) is 53.6 Å². The number of carbonyl (C=O) groups is 3. The first-order chi connectivity index (χ1) is 14.4. The van der Waals surface area contributed by atoms with E-state index in [1.807, 2.05) is 50.2 Å². The molecule has 0 saturated carbocycles. The van der Waals surface area contributed by atoms with Crippen LogP contribution in [-0.4, -0.2) is 41.0 Å². The molecule has 0 unspecified atom stereocenters. The number of anilines is 2. The molecule has 1 saturated heterocycles. The highest BCUT2D eigenvalue weighted by atomic mass is 32.2. The average Bonchev–Trinajstić information content (AvgIpc) is 2.72. The van der Waals surface area contributed by atoms with Crippen LogP contribution in [-0.2, 0) is 14.4 Å². The summed E-state index contributed by atoms with van der Waals surface area (Å²) in [7, 11) is 0. The van der Waals surface area contributed by atoms with Crippen LogP contribution in [0.25, 0.3) is 0 Å². The molecule has 7 heteroatoms. The summed E-state index contributed by atoms with van der Waals surface area (Å²) in [6, 6.07) is 13.4. The van der Waals surface area contributed by atoms with Crippen molar-refractivity contribution in [1.82, 2.24) is 4.90 Å². The van der Waals surface area contributed by atoms with Crippen molar-refractivity contribution in [1.29, 1.82) is 0 Å². The molecule has 2 aliphatic heterocycles. The lowest BCUT2D eigenvalue weighted by atomic mass is 9.96. The average molecular weight is 424 g/mol. The van der Waals surface area contributed by atoms with Gasteiger partial charge in [0, 0.05) is 23.7 Å². The quantitative estimate of drug-likeness (QED) is 0.740. The van der Waals surface area contributed by atoms with Gasteiger partial charge in [-0.3, -0.25) is 14.4 Å². The first-order valence-electron chi connectivity index (χ1n) is 10.2. The zero-order chi connectivity index (χ0) is 21.3. The molecule has 6 nitrogen and oxygen atoms in total. The number of likely N-dealkylation sites (tertiary alicyclic amines) is 1. The molecule has 2 N–H and O–H groups in total. The smallest absolute Gasteiger partial charge is 0.247 e. The second-order valence-corrected chi connectivity index (χ2v) is 9.12. The van der Waals surface area contributed by atoms with Crippen LogP contribution >= 0.6 is 11.8 Å². The molecule has 0 radical (unpaired) electrons. The van der Waals surface area contributed by atoms with Gasteiger partial charge >= 0.3 is 0 Å². The molecule has 3 amide bonds. The molecule has 4 rings (SSSR count). The standard InChI is InChI=1S/C23H25N3O3S/c1-14-10-15(2)12-17(11-14)24-21(27)16-6-5-9-26(13-16)23(29)20-22(28)25-18-7-3-4-8-19(18)30-20/h3-4,7-8,10-12,16,20H,5-6,9,13H2,1-2H3,(H,24,27)(H,25,28)/t16-,20-/m0/s1. The lowest BCUT2D eigenvalue weighted by Gasteiger charge is -2.35. The Morgan fingerprint density at radius 2 is 1.87 bits per heavy atom. The summed E-state index contributed by atoms with van der Waals surface area (Å²) in [4.78, 5) is 41.0. The summed E-state index contributed by atoms with van der Waals surface area (Å²) in [6.45, 7) is 4.89. The van der Waals surface area contributed by atoms with Crippen molar-refractivity contribution >= 4 is 40.9 Å². The fourth-order valence-corrected chi connectivity index (χ4v) is 5.14. The first kappa shape index (κ1) is 20.5. The Balaban J connectivity index is 1.42. The Kier molecular flexibility index (Phi) is 5.81. The van der Waals surface area contributed by atoms with Gasteiger partial charge in [0.05, 0.1) is 11.6 Å². The van der Waals surface area contributed by atoms with Crippen LogP contribution in [0.1, 0.15) is 24.0 Å². The summed E-state index contributed by atoms with van der Waals surface area (Å²) >= 11 is 1.28. The molecule has 0 aliphatic carbocycles. The predicted molar refractivity (Wildman–Crippen MR) is 119 cm³/mol. The topological polar surface area (TPSA) is 78.5 Å². The number of rotatable bonds is 3. The van der Waals surface area contributed by atoms with Crippen LogP contribution in [0.2, 0.25) is 0 Å². The fraction of sp³-hybridized carbons (Fsp3) is 0.348. The van der Waals surface area contributed by atoms with Crippen LogP contribution < -0.4 is 10.6 Å². The van der Waals surface area contributed by atoms with Gasteiger partial charge < -0.3 is 15.5 Å². The lowest BCUT2D eigenvalue weighted by molar-refractivity contribution is -0.136. The number of fused-ring (bicyclic) bond motifs is 1. The number of hydrogen-bond donors (Lipinski definition) is 2. The van der Waals surface area contributed by atoms with Crippen LogP contribution in [0.4, 0.5) is 11.4 Å². The number of nitrogens with one attached hydrogen (secondary N) is 2. The van der Waals surface area contributed by atoms with E-state index in [-0.39, 0.29) is 23.6 Å². The molecule has 30 heavy (non-hydrogen) atoms. The number of aryl methyl sites for hydroxylation is 2. The Bertz CT molecular complexity index is 987. The van der Waals surface area contributed by atoms with E-state index in [0.29, 0.717) is 13.1 Å². The van der Waals surface area contributed by atoms with Crippen LogP contribution in [0.15, 0.2) is 47.4 Å². The Morgan fingerprint density at radius 3 is 2.63 bits per heavy atom. The van der Waals surface area contributed by atoms with Gasteiger partial charge in [-0.25, -0.2) is 0 Å². The van der Waals surface area contributed by atoms with Crippen molar-refractivity contribution in [2.24, 2.45) is 5.92 Å². The molecule has 2 aromatic rings. The Morgan fingerprint density at radius 1 is 1.13 bits per heavy atom. The minimum atomic E-state index is -0.818. The van der Waals surface area contributed by atoms with Crippen molar-refractivity contribution in [3.8, 4) is 0 Å². The van der Waals surface area contributed by atoms with E-state index < -0.39 is 5.25 Å². The van der Waals surface area contributed by atoms with Gasteiger partial charge in [0.25, 0.3) is 0 Å². The van der Waals surface area contributed by atoms with E-state index in [4.69, 9.17) is 0 Å². The highest BCUT2D eigenvalue weighted by molar-refractivity contribution is 8.01. The van der Waals surface area contributed by atoms with Gasteiger partial charge in [0.15, 0.2) is 5.25 Å². The number of thioether (sulfide) groups is 1. The number of carbonyl (C=O) groups excluding carboxylic acids is 3. The van der Waals surface area contributed by atoms with Gasteiger partial charge in [-0.05, 0) is 62.1 Å². The summed E-state index contributed by atoms with van der Waals surface area (Å²) in [5, 5.41) is 4.99. The third-order valence-electron chi connectivity index (χ3n) is 5.45. The van der Waals surface area contributed by atoms with Crippen molar-refractivity contribution < 1.29 is 14.4 Å². The summed E-state index contributed by atoms with van der Waals surface area (Å²) in [6.07, 6.45) is 1.47. The SMILES string of the molecule is Cc1cc(C)cc(NC(=O)[C@H]2CCCN(C(=O)[C@H]3Sc4ccccc4NC3=O)C2)c1. The second kappa shape index (κ2) is 8.52. The van der Waals surface area contributed by atoms with E-state index in [2.05, 4.69) is 16.7 Å². The Hall–Kier alpha value is -2.80. The number of amides is 3. The molecular formula is C23H25N3O3S. The molecule has 0 aromatic heterocycles. The van der Waals surface area contributed by atoms with Crippen LogP contribution in [0.3, 0.4) is 0 Å². The molecule has 2 atom stereocenters. The van der Waals surface area contributed by atoms with Crippen LogP contribution in [0, 0.1) is 19.8 Å². The predicted octanol–water partition coefficient (Wildman–Crippen LogP) is 3.59. The molecule has 2 heterocycles. The van der Waals surface area contributed by atoms with E-state index in [0.717, 1.165) is 40.2 Å². The van der Waals surface area contributed by atoms with Crippen molar-refractivity contribution in [2.45, 2.75) is 36.8 Å². The molecule has 2 aromatic carbocycles. The van der Waals surface area contributed by atoms with E-state index in [1.165, 1.54) is 11.8 Å². The van der Waals surface area contributed by atoms with Gasteiger partial charge in [-0.15, -0.1) is 11.8 Å². The molecule has 0 spiro atoms. The number of benzene rings is 2. The monoisotopic (exact) mass is 423 g/mol. The third kappa shape index (κ3) is 4.36. The minimum absolute atomic E-state index is 0.0800. The Labute approximate surface area is 180 Å². The summed E-state index contributed by atoms with van der Waals surface area (Å²) in [5.74, 6) is -0.891. The van der Waals surface area contributed by atoms with E-state index in [1.54, 1.807) is 4.90 Å². The number of piperidine rings is 1. The molecular weight excluding hydrogens is 398 g/mol. The number of para-hydroxylation sites is 1. The van der Waals surface area contributed by atoms with E-state index >= 15 is 0 Å². The minimum Gasteiger partial charge on any atom is -0.340 e. The maximum absolute atomic E-state index is 13.1. The molecule has 0 bridgehead atoms. The molecule has 2 aliphatic rings. The number of nitrogens with zero attached hydrogens (tertiary/aromatic N) is 1. The van der Waals surface area contributed by atoms with E-state index in [9.17, 15) is 14.4 Å². The summed E-state index contributed by atoms with van der Waals surface area (Å²) < 4.78 is 0. The van der Waals surface area contributed by atoms with Gasteiger partial charge in [-0.1, -0.05) is 18.2 Å². The number of hydrogen-bond acceptors (Lipinski definition) is 4. The fourth-order valence-electron chi connectivity index (χ4n) is 4.06. The largest absolute Gasteiger partial charge is 0.340 e. The van der Waals surface area contributed by atoms with Crippen LogP contribution in [0.5, 0.6) is 0 Å². The molecule has 1 fully saturated rings. The normalized spacial score (nSPS) is 20.9. The third-order valence-corrected chi connectivity index (χ3v) is 6.71. The van der Waals surface area contributed by atoms with Gasteiger partial charge in [0.1, 0.15) is 0 Å². The highest BCUT2D eigenvalue weighted by Crippen LogP contribution is 2.36. The molecule has 156 valence electrons. The van der Waals surface area contributed by atoms with Gasteiger partial charge in [0.2, 0.25) is 17.7 Å². The maximum atomic E-state index is 13.1. The zero-order valence-electron chi connectivity index (χ0n) is 17.1. The highest BCUT2D eigenvalue weighted by Gasteiger charge is 2.38. The lowest BCUT2D eigenvalue weighted by Crippen LogP contribution is -2.50. The van der Waals surface area contributed by atoms with Gasteiger partial charge in [-0.2, -0.15) is 0 Å². The maximum Gasteiger partial charge on any atom is 0.247 e. The van der Waals surface area contributed by atoms with Crippen molar-refractivity contribution in [3.63, 3.8) is 0 Å². The summed E-state index contributed by atoms with van der Waals surface area (Å²) in [5.41, 5.74) is 3.69. The first-order valence-corrected chi connectivity index (χ1v) is 11.0. The van der Waals surface area contributed by atoms with Crippen molar-refractivity contribution in [2.75, 3.05) is 23.7 Å². The second-order valence-electron chi connectivity index (χ2n) is 7.97. The zero-order valence-corrected chi connectivity index (χ0v) is 17.9.